The highest BCUT2D eigenvalue weighted by atomic mass is 14.9. The zero-order chi connectivity index (χ0) is 14.4. The zero-order valence-corrected chi connectivity index (χ0v) is 12.0. The molecule has 0 unspecified atom stereocenters. The van der Waals surface area contributed by atoms with Gasteiger partial charge in [-0.15, -0.1) is 0 Å². The monoisotopic (exact) mass is 273 g/mol. The van der Waals surface area contributed by atoms with Crippen molar-refractivity contribution in [2.75, 3.05) is 0 Å². The first-order chi connectivity index (χ1) is 10.2. The number of rotatable bonds is 1. The maximum absolute atomic E-state index is 4.79. The summed E-state index contributed by atoms with van der Waals surface area (Å²) in [4.78, 5) is 12.6. The molecule has 0 atom stereocenters. The van der Waals surface area contributed by atoms with Crippen LogP contribution in [0.25, 0.3) is 33.3 Å². The Hall–Kier alpha value is -2.68. The van der Waals surface area contributed by atoms with Gasteiger partial charge in [0.15, 0.2) is 0 Å². The van der Waals surface area contributed by atoms with Crippen LogP contribution < -0.4 is 0 Å². The van der Waals surface area contributed by atoms with E-state index in [0.29, 0.717) is 0 Å². The summed E-state index contributed by atoms with van der Waals surface area (Å²) < 4.78 is 0. The molecule has 0 aliphatic rings. The van der Waals surface area contributed by atoms with Crippen molar-refractivity contribution in [1.82, 2.24) is 15.0 Å². The summed E-state index contributed by atoms with van der Waals surface area (Å²) in [6.07, 6.45) is 1.82. The molecule has 2 aromatic heterocycles. The summed E-state index contributed by atoms with van der Waals surface area (Å²) >= 11 is 0. The second-order valence-electron chi connectivity index (χ2n) is 5.44. The maximum atomic E-state index is 4.79. The van der Waals surface area contributed by atoms with Gasteiger partial charge in [-0.1, -0.05) is 24.3 Å². The van der Waals surface area contributed by atoms with Crippen LogP contribution in [-0.4, -0.2) is 15.0 Å². The number of hydrogen-bond donors (Lipinski definition) is 1. The molecular weight excluding hydrogens is 258 g/mol. The quantitative estimate of drug-likeness (QED) is 0.558. The topological polar surface area (TPSA) is 41.6 Å². The van der Waals surface area contributed by atoms with Gasteiger partial charge in [0.1, 0.15) is 5.82 Å². The number of hydrogen-bond acceptors (Lipinski definition) is 2. The summed E-state index contributed by atoms with van der Waals surface area (Å²) in [6, 6.07) is 14.5. The van der Waals surface area contributed by atoms with E-state index in [2.05, 4.69) is 48.1 Å². The lowest BCUT2D eigenvalue weighted by atomic mass is 10.1. The second-order valence-corrected chi connectivity index (χ2v) is 5.44. The van der Waals surface area contributed by atoms with Crippen LogP contribution >= 0.6 is 0 Å². The molecule has 4 aromatic rings. The normalized spacial score (nSPS) is 11.3. The fourth-order valence-corrected chi connectivity index (χ4v) is 2.91. The first-order valence-electron chi connectivity index (χ1n) is 7.03. The lowest BCUT2D eigenvalue weighted by Crippen LogP contribution is -1.85. The Labute approximate surface area is 122 Å². The summed E-state index contributed by atoms with van der Waals surface area (Å²) in [7, 11) is 0. The number of fused-ring (bicyclic) bond motifs is 2. The van der Waals surface area contributed by atoms with Gasteiger partial charge < -0.3 is 4.98 Å². The molecule has 1 N–H and O–H groups in total. The number of nitrogens with zero attached hydrogens (tertiary/aromatic N) is 2. The van der Waals surface area contributed by atoms with Crippen LogP contribution in [0.5, 0.6) is 0 Å². The van der Waals surface area contributed by atoms with Crippen molar-refractivity contribution >= 4 is 21.9 Å². The lowest BCUT2D eigenvalue weighted by molar-refractivity contribution is 1.33. The average molecular weight is 273 g/mol. The molecule has 4 rings (SSSR count). The molecule has 3 heteroatoms. The van der Waals surface area contributed by atoms with E-state index in [4.69, 9.17) is 4.98 Å². The molecule has 0 aliphatic carbocycles. The van der Waals surface area contributed by atoms with Crippen molar-refractivity contribution in [3.05, 3.63) is 59.8 Å². The van der Waals surface area contributed by atoms with Crippen molar-refractivity contribution in [3.8, 4) is 11.4 Å². The summed E-state index contributed by atoms with van der Waals surface area (Å²) in [5.41, 5.74) is 6.65. The van der Waals surface area contributed by atoms with Gasteiger partial charge in [-0.3, -0.25) is 4.98 Å². The van der Waals surface area contributed by atoms with E-state index < -0.39 is 0 Å². The molecule has 3 nitrogen and oxygen atoms in total. The van der Waals surface area contributed by atoms with Gasteiger partial charge in [-0.05, 0) is 43.2 Å². The Kier molecular flexibility index (Phi) is 2.54. The van der Waals surface area contributed by atoms with Gasteiger partial charge in [0.25, 0.3) is 0 Å². The van der Waals surface area contributed by atoms with Crippen molar-refractivity contribution in [3.63, 3.8) is 0 Å². The third-order valence-corrected chi connectivity index (χ3v) is 3.82. The van der Waals surface area contributed by atoms with E-state index in [1.54, 1.807) is 0 Å². The minimum atomic E-state index is 0.900. The van der Waals surface area contributed by atoms with E-state index in [9.17, 15) is 0 Å². The summed E-state index contributed by atoms with van der Waals surface area (Å²) in [6.45, 7) is 4.21. The predicted molar refractivity (Wildman–Crippen MR) is 86.3 cm³/mol. The highest BCUT2D eigenvalue weighted by Gasteiger charge is 2.10. The Bertz CT molecular complexity index is 961. The van der Waals surface area contributed by atoms with Crippen LogP contribution in [0.2, 0.25) is 0 Å². The summed E-state index contributed by atoms with van der Waals surface area (Å²) in [5.74, 6) is 0.900. The van der Waals surface area contributed by atoms with Crippen molar-refractivity contribution in [2.24, 2.45) is 0 Å². The summed E-state index contributed by atoms with van der Waals surface area (Å²) in [5, 5.41) is 1.12. The molecule has 102 valence electrons. The lowest BCUT2D eigenvalue weighted by Gasteiger charge is -2.02. The molecule has 2 heterocycles. The van der Waals surface area contributed by atoms with E-state index in [-0.39, 0.29) is 0 Å². The number of benzene rings is 2. The number of imidazole rings is 1. The minimum absolute atomic E-state index is 0.900. The first kappa shape index (κ1) is 12.1. The SMILES string of the molecule is Cc1cc(C)c2nc(-c3cccc4ncccc34)[nH]c2c1. The fraction of sp³-hybridized carbons (Fsp3) is 0.111. The highest BCUT2D eigenvalue weighted by molar-refractivity contribution is 5.94. The number of nitrogens with one attached hydrogen (secondary N) is 1. The number of H-pyrrole nitrogens is 1. The van der Waals surface area contributed by atoms with Crippen LogP contribution in [0.3, 0.4) is 0 Å². The fourth-order valence-electron chi connectivity index (χ4n) is 2.91. The second kappa shape index (κ2) is 4.42. The molecule has 0 aliphatic heterocycles. The standard InChI is InChI=1S/C18H15N3/c1-11-9-12(2)17-16(10-11)20-18(21-17)14-5-3-7-15-13(14)6-4-8-19-15/h3-10H,1-2H3,(H,20,21). The highest BCUT2D eigenvalue weighted by Crippen LogP contribution is 2.28. The molecule has 0 fully saturated rings. The third kappa shape index (κ3) is 1.89. The Morgan fingerprint density at radius 3 is 2.81 bits per heavy atom. The molecule has 2 aromatic carbocycles. The Balaban J connectivity index is 2.03. The van der Waals surface area contributed by atoms with Gasteiger partial charge in [0.05, 0.1) is 16.6 Å². The largest absolute Gasteiger partial charge is 0.338 e. The van der Waals surface area contributed by atoms with Crippen molar-refractivity contribution in [1.29, 1.82) is 0 Å². The molecule has 0 amide bonds. The molecule has 21 heavy (non-hydrogen) atoms. The van der Waals surface area contributed by atoms with Crippen LogP contribution in [-0.2, 0) is 0 Å². The van der Waals surface area contributed by atoms with E-state index in [0.717, 1.165) is 33.3 Å². The van der Waals surface area contributed by atoms with Gasteiger partial charge in [-0.25, -0.2) is 4.98 Å². The van der Waals surface area contributed by atoms with E-state index in [1.165, 1.54) is 11.1 Å². The van der Waals surface area contributed by atoms with E-state index in [1.807, 2.05) is 24.4 Å². The molecule has 0 saturated carbocycles. The van der Waals surface area contributed by atoms with Crippen molar-refractivity contribution in [2.45, 2.75) is 13.8 Å². The molecule has 0 bridgehead atoms. The van der Waals surface area contributed by atoms with Gasteiger partial charge in [0.2, 0.25) is 0 Å². The molecule has 0 spiro atoms. The Morgan fingerprint density at radius 1 is 1.00 bits per heavy atom. The number of pyridine rings is 1. The van der Waals surface area contributed by atoms with Crippen LogP contribution in [0.15, 0.2) is 48.7 Å². The van der Waals surface area contributed by atoms with Crippen LogP contribution in [0.4, 0.5) is 0 Å². The van der Waals surface area contributed by atoms with Crippen LogP contribution in [0.1, 0.15) is 11.1 Å². The average Bonchev–Trinajstić information content (AvgIpc) is 2.90. The maximum Gasteiger partial charge on any atom is 0.139 e. The number of aromatic nitrogens is 3. The third-order valence-electron chi connectivity index (χ3n) is 3.82. The number of aromatic amines is 1. The van der Waals surface area contributed by atoms with E-state index >= 15 is 0 Å². The minimum Gasteiger partial charge on any atom is -0.338 e. The predicted octanol–water partition coefficient (Wildman–Crippen LogP) is 4.39. The van der Waals surface area contributed by atoms with Gasteiger partial charge >= 0.3 is 0 Å². The molecule has 0 saturated heterocycles. The van der Waals surface area contributed by atoms with Crippen molar-refractivity contribution < 1.29 is 0 Å². The van der Waals surface area contributed by atoms with Gasteiger partial charge in [-0.2, -0.15) is 0 Å². The van der Waals surface area contributed by atoms with Crippen LogP contribution in [0, 0.1) is 13.8 Å². The smallest absolute Gasteiger partial charge is 0.139 e. The molecular formula is C18H15N3. The molecule has 0 radical (unpaired) electrons. The zero-order valence-electron chi connectivity index (χ0n) is 12.0. The number of aryl methyl sites for hydroxylation is 2. The Morgan fingerprint density at radius 2 is 1.90 bits per heavy atom. The van der Waals surface area contributed by atoms with Gasteiger partial charge in [0, 0.05) is 17.1 Å². The first-order valence-corrected chi connectivity index (χ1v) is 7.03.